The van der Waals surface area contributed by atoms with Crippen LogP contribution in [0.2, 0.25) is 0 Å². The van der Waals surface area contributed by atoms with Crippen molar-refractivity contribution >= 4 is 0 Å². The van der Waals surface area contributed by atoms with Gasteiger partial charge in [0.25, 0.3) is 0 Å². The first-order chi connectivity index (χ1) is 4.33. The van der Waals surface area contributed by atoms with Crippen molar-refractivity contribution in [2.75, 3.05) is 19.8 Å². The van der Waals surface area contributed by atoms with Crippen LogP contribution in [0.15, 0.2) is 0 Å². The van der Waals surface area contributed by atoms with E-state index < -0.39 is 0 Å². The van der Waals surface area contributed by atoms with E-state index in [0.29, 0.717) is 6.10 Å². The molecule has 9 heavy (non-hydrogen) atoms. The normalized spacial score (nSPS) is 36.7. The van der Waals surface area contributed by atoms with E-state index in [-0.39, 0.29) is 12.7 Å². The number of ether oxygens (including phenoxy) is 2. The molecule has 0 saturated carbocycles. The fourth-order valence-electron chi connectivity index (χ4n) is 0.270. The summed E-state index contributed by atoms with van der Waals surface area (Å²) in [5.74, 6) is 0. The Hall–Kier alpha value is -0.120. The lowest BCUT2D eigenvalue weighted by atomic mass is 10.5. The molecule has 0 unspecified atom stereocenters. The third-order valence-corrected chi connectivity index (χ3v) is 1.11. The van der Waals surface area contributed by atoms with Crippen LogP contribution in [0, 0.1) is 0 Å². The molecule has 3 nitrogen and oxygen atoms in total. The lowest BCUT2D eigenvalue weighted by Crippen LogP contribution is -1.88. The van der Waals surface area contributed by atoms with Crippen molar-refractivity contribution in [3.63, 3.8) is 0 Å². The predicted molar refractivity (Wildman–Crippen MR) is 32.2 cm³/mol. The van der Waals surface area contributed by atoms with Gasteiger partial charge in [-0.3, -0.25) is 0 Å². The Bertz CT molecular complexity index is 76.4. The molecule has 54 valence electrons. The van der Waals surface area contributed by atoms with Gasteiger partial charge in [-0.1, -0.05) is 0 Å². The molecule has 2 fully saturated rings. The van der Waals surface area contributed by atoms with Gasteiger partial charge in [0.1, 0.15) is 6.10 Å². The molecule has 2 aliphatic heterocycles. The van der Waals surface area contributed by atoms with Gasteiger partial charge in [0.15, 0.2) is 0 Å². The molecular weight excluding hydrogens is 120 g/mol. The number of hydrogen-bond donors (Lipinski definition) is 1. The smallest absolute Gasteiger partial charge is 0.104 e. The number of epoxide rings is 2. The Kier molecular flexibility index (Phi) is 2.45. The average molecular weight is 132 g/mol. The fraction of sp³-hybridized carbons (Fsp3) is 1.00. The zero-order valence-corrected chi connectivity index (χ0v) is 5.54. The molecule has 0 aromatic carbocycles. The van der Waals surface area contributed by atoms with Gasteiger partial charge in [0.05, 0.1) is 25.9 Å². The fourth-order valence-corrected chi connectivity index (χ4v) is 0.270. The molecule has 0 radical (unpaired) electrons. The highest BCUT2D eigenvalue weighted by molar-refractivity contribution is 4.65. The Morgan fingerprint density at radius 1 is 1.44 bits per heavy atom. The summed E-state index contributed by atoms with van der Waals surface area (Å²) < 4.78 is 9.32. The molecule has 0 spiro atoms. The van der Waals surface area contributed by atoms with Crippen LogP contribution in [-0.2, 0) is 9.47 Å². The lowest BCUT2D eigenvalue weighted by Gasteiger charge is -1.70. The van der Waals surface area contributed by atoms with Crippen molar-refractivity contribution in [2.45, 2.75) is 19.1 Å². The first kappa shape index (κ1) is 6.99. The SMILES string of the molecule is C[C@@H]1CO1.OC[C@H]1CO1. The Morgan fingerprint density at radius 3 is 1.89 bits per heavy atom. The number of aliphatic hydroxyl groups excluding tert-OH is 1. The molecule has 2 aliphatic rings. The van der Waals surface area contributed by atoms with Gasteiger partial charge in [-0.2, -0.15) is 0 Å². The number of rotatable bonds is 1. The minimum absolute atomic E-state index is 0.190. The van der Waals surface area contributed by atoms with Crippen molar-refractivity contribution < 1.29 is 14.6 Å². The number of hydrogen-bond acceptors (Lipinski definition) is 3. The second kappa shape index (κ2) is 3.15. The van der Waals surface area contributed by atoms with E-state index in [1.165, 1.54) is 0 Å². The molecule has 0 aromatic heterocycles. The second-order valence-corrected chi connectivity index (χ2v) is 2.28. The van der Waals surface area contributed by atoms with Crippen molar-refractivity contribution in [3.8, 4) is 0 Å². The Labute approximate surface area is 54.6 Å². The van der Waals surface area contributed by atoms with Crippen LogP contribution < -0.4 is 0 Å². The van der Waals surface area contributed by atoms with E-state index in [2.05, 4.69) is 11.7 Å². The van der Waals surface area contributed by atoms with Gasteiger partial charge in [-0.05, 0) is 6.92 Å². The average Bonchev–Trinajstić information content (AvgIpc) is 2.57. The van der Waals surface area contributed by atoms with Crippen LogP contribution in [0.5, 0.6) is 0 Å². The van der Waals surface area contributed by atoms with E-state index in [0.717, 1.165) is 13.2 Å². The Balaban J connectivity index is 0.0000000922. The maximum Gasteiger partial charge on any atom is 0.104 e. The summed E-state index contributed by atoms with van der Waals surface area (Å²) >= 11 is 0. The molecule has 2 rings (SSSR count). The van der Waals surface area contributed by atoms with Gasteiger partial charge in [0.2, 0.25) is 0 Å². The molecule has 0 aliphatic carbocycles. The predicted octanol–water partition coefficient (Wildman–Crippen LogP) is -0.217. The second-order valence-electron chi connectivity index (χ2n) is 2.28. The molecule has 0 amide bonds. The van der Waals surface area contributed by atoms with E-state index in [9.17, 15) is 0 Å². The van der Waals surface area contributed by atoms with Gasteiger partial charge in [-0.15, -0.1) is 0 Å². The van der Waals surface area contributed by atoms with Crippen LogP contribution in [-0.4, -0.2) is 37.1 Å². The van der Waals surface area contributed by atoms with Gasteiger partial charge >= 0.3 is 0 Å². The summed E-state index contributed by atoms with van der Waals surface area (Å²) in [6.07, 6.45) is 0.773. The third-order valence-electron chi connectivity index (χ3n) is 1.11. The highest BCUT2D eigenvalue weighted by Crippen LogP contribution is 2.05. The highest BCUT2D eigenvalue weighted by atomic mass is 16.6. The van der Waals surface area contributed by atoms with Crippen LogP contribution in [0.25, 0.3) is 0 Å². The molecular formula is C6H12O3. The van der Waals surface area contributed by atoms with E-state index in [1.54, 1.807) is 0 Å². The molecule has 0 aromatic rings. The Morgan fingerprint density at radius 2 is 1.89 bits per heavy atom. The maximum atomic E-state index is 8.08. The minimum Gasteiger partial charge on any atom is -0.394 e. The van der Waals surface area contributed by atoms with Crippen molar-refractivity contribution in [3.05, 3.63) is 0 Å². The van der Waals surface area contributed by atoms with E-state index in [4.69, 9.17) is 9.84 Å². The zero-order valence-electron chi connectivity index (χ0n) is 5.54. The van der Waals surface area contributed by atoms with Crippen molar-refractivity contribution in [2.24, 2.45) is 0 Å². The van der Waals surface area contributed by atoms with Crippen molar-refractivity contribution in [1.29, 1.82) is 0 Å². The maximum absolute atomic E-state index is 8.08. The molecule has 2 heterocycles. The standard InChI is InChI=1S/C3H6O2.C3H6O/c4-1-3-2-5-3;1-3-2-4-3/h3-4H,1-2H2;3H,2H2,1H3/t2*3-/m01/s1. The van der Waals surface area contributed by atoms with Gasteiger partial charge in [0, 0.05) is 0 Å². The van der Waals surface area contributed by atoms with Gasteiger partial charge < -0.3 is 14.6 Å². The highest BCUT2D eigenvalue weighted by Gasteiger charge is 2.19. The van der Waals surface area contributed by atoms with E-state index >= 15 is 0 Å². The van der Waals surface area contributed by atoms with Crippen LogP contribution >= 0.6 is 0 Å². The van der Waals surface area contributed by atoms with Crippen LogP contribution in [0.4, 0.5) is 0 Å². The first-order valence-corrected chi connectivity index (χ1v) is 3.17. The molecule has 2 atom stereocenters. The molecule has 0 bridgehead atoms. The monoisotopic (exact) mass is 132 g/mol. The first-order valence-electron chi connectivity index (χ1n) is 3.17. The molecule has 3 heteroatoms. The van der Waals surface area contributed by atoms with Crippen LogP contribution in [0.3, 0.4) is 0 Å². The summed E-state index contributed by atoms with van der Waals surface area (Å²) in [6, 6.07) is 0. The van der Waals surface area contributed by atoms with Crippen LogP contribution in [0.1, 0.15) is 6.92 Å². The minimum atomic E-state index is 0.190. The largest absolute Gasteiger partial charge is 0.394 e. The lowest BCUT2D eigenvalue weighted by molar-refractivity contribution is 0.244. The topological polar surface area (TPSA) is 45.3 Å². The summed E-state index contributed by atoms with van der Waals surface area (Å²) in [5.41, 5.74) is 0. The van der Waals surface area contributed by atoms with Crippen molar-refractivity contribution in [1.82, 2.24) is 0 Å². The summed E-state index contributed by atoms with van der Waals surface area (Å²) in [5, 5.41) is 8.08. The quantitative estimate of drug-likeness (QED) is 0.502. The van der Waals surface area contributed by atoms with Gasteiger partial charge in [-0.25, -0.2) is 0 Å². The zero-order chi connectivity index (χ0) is 6.69. The summed E-state index contributed by atoms with van der Waals surface area (Å²) in [7, 11) is 0. The summed E-state index contributed by atoms with van der Waals surface area (Å²) in [6.45, 7) is 4.00. The third kappa shape index (κ3) is 4.39. The summed E-state index contributed by atoms with van der Waals surface area (Å²) in [4.78, 5) is 0. The number of aliphatic hydroxyl groups is 1. The van der Waals surface area contributed by atoms with E-state index in [1.807, 2.05) is 0 Å². The molecule has 2 saturated heterocycles. The molecule has 1 N–H and O–H groups in total.